The van der Waals surface area contributed by atoms with Gasteiger partial charge < -0.3 is 0 Å². The van der Waals surface area contributed by atoms with Crippen molar-refractivity contribution >= 4 is 38.9 Å². The maximum atomic E-state index is 9.31. The van der Waals surface area contributed by atoms with Crippen molar-refractivity contribution in [3.63, 3.8) is 0 Å². The predicted molar refractivity (Wildman–Crippen MR) is 93.0 cm³/mol. The fraction of sp³-hybridized carbons (Fsp3) is 0. The highest BCUT2D eigenvalue weighted by atomic mass is 79.9. The molecule has 0 spiro atoms. The van der Waals surface area contributed by atoms with Gasteiger partial charge in [-0.25, -0.2) is 4.98 Å². The maximum Gasteiger partial charge on any atom is 0.124 e. The molecule has 5 heteroatoms. The van der Waals surface area contributed by atoms with E-state index in [0.717, 1.165) is 20.7 Å². The van der Waals surface area contributed by atoms with Gasteiger partial charge in [0.1, 0.15) is 11.1 Å². The quantitative estimate of drug-likeness (QED) is 0.609. The van der Waals surface area contributed by atoms with E-state index >= 15 is 0 Å². The lowest BCUT2D eigenvalue weighted by Gasteiger charge is -1.97. The molecule has 0 radical (unpaired) electrons. The van der Waals surface area contributed by atoms with E-state index in [1.807, 2.05) is 47.8 Å². The molecule has 0 aliphatic heterocycles. The molecule has 22 heavy (non-hydrogen) atoms. The van der Waals surface area contributed by atoms with Gasteiger partial charge in [0.2, 0.25) is 0 Å². The predicted octanol–water partition coefficient (Wildman–Crippen LogP) is 5.03. The highest BCUT2D eigenvalue weighted by Gasteiger charge is 2.06. The van der Waals surface area contributed by atoms with Crippen LogP contribution >= 0.6 is 27.3 Å². The molecule has 0 aliphatic rings. The van der Waals surface area contributed by atoms with Gasteiger partial charge in [-0.3, -0.25) is 4.98 Å². The van der Waals surface area contributed by atoms with Crippen molar-refractivity contribution in [2.45, 2.75) is 0 Å². The Hall–Kier alpha value is -2.29. The zero-order valence-electron chi connectivity index (χ0n) is 11.4. The fourth-order valence-corrected chi connectivity index (χ4v) is 3.11. The van der Waals surface area contributed by atoms with Gasteiger partial charge in [0, 0.05) is 21.6 Å². The van der Waals surface area contributed by atoms with Crippen LogP contribution in [0.15, 0.2) is 58.5 Å². The molecular weight excluding hydrogens is 358 g/mol. The molecule has 0 bridgehead atoms. The number of nitrogens with zero attached hydrogens (tertiary/aromatic N) is 3. The Labute approximate surface area is 140 Å². The lowest BCUT2D eigenvalue weighted by molar-refractivity contribution is 1.28. The third-order valence-corrected chi connectivity index (χ3v) is 4.35. The van der Waals surface area contributed by atoms with Gasteiger partial charge in [-0.2, -0.15) is 5.26 Å². The van der Waals surface area contributed by atoms with Gasteiger partial charge in [-0.05, 0) is 30.3 Å². The molecule has 0 saturated carbocycles. The van der Waals surface area contributed by atoms with E-state index in [1.165, 1.54) is 0 Å². The van der Waals surface area contributed by atoms with Crippen molar-refractivity contribution in [1.29, 1.82) is 5.26 Å². The second-order valence-corrected chi connectivity index (χ2v) is 6.25. The lowest BCUT2D eigenvalue weighted by atomic mass is 10.1. The molecule has 0 amide bonds. The van der Waals surface area contributed by atoms with E-state index in [2.05, 4.69) is 32.0 Å². The van der Waals surface area contributed by atoms with Crippen LogP contribution in [0.2, 0.25) is 0 Å². The maximum absolute atomic E-state index is 9.31. The van der Waals surface area contributed by atoms with E-state index in [-0.39, 0.29) is 0 Å². The summed E-state index contributed by atoms with van der Waals surface area (Å²) in [6.07, 6.45) is 3.44. The molecule has 3 nitrogen and oxygen atoms in total. The fourth-order valence-electron chi connectivity index (χ4n) is 1.94. The molecule has 0 fully saturated rings. The summed E-state index contributed by atoms with van der Waals surface area (Å²) >= 11 is 5.01. The van der Waals surface area contributed by atoms with Crippen molar-refractivity contribution in [2.24, 2.45) is 0 Å². The number of nitriles is 1. The number of allylic oxidation sites excluding steroid dienone is 1. The van der Waals surface area contributed by atoms with Crippen LogP contribution in [-0.4, -0.2) is 9.97 Å². The van der Waals surface area contributed by atoms with Crippen LogP contribution < -0.4 is 0 Å². The summed E-state index contributed by atoms with van der Waals surface area (Å²) < 4.78 is 1.02. The average molecular weight is 368 g/mol. The second kappa shape index (κ2) is 6.65. The second-order valence-electron chi connectivity index (χ2n) is 4.47. The van der Waals surface area contributed by atoms with Crippen molar-refractivity contribution in [2.75, 3.05) is 0 Å². The molecule has 0 N–H and O–H groups in total. The summed E-state index contributed by atoms with van der Waals surface area (Å²) in [6, 6.07) is 15.7. The van der Waals surface area contributed by atoms with Crippen LogP contribution in [0.3, 0.4) is 0 Å². The first kappa shape index (κ1) is 14.6. The molecular formula is C17H10BrN3S. The van der Waals surface area contributed by atoms with Crippen LogP contribution in [0.25, 0.3) is 22.2 Å². The molecule has 1 aromatic carbocycles. The van der Waals surface area contributed by atoms with Crippen molar-refractivity contribution < 1.29 is 0 Å². The van der Waals surface area contributed by atoms with Crippen molar-refractivity contribution in [1.82, 2.24) is 9.97 Å². The Morgan fingerprint density at radius 3 is 2.86 bits per heavy atom. The summed E-state index contributed by atoms with van der Waals surface area (Å²) in [5, 5.41) is 12.2. The smallest absolute Gasteiger partial charge is 0.124 e. The van der Waals surface area contributed by atoms with Crippen LogP contribution in [0.4, 0.5) is 0 Å². The summed E-state index contributed by atoms with van der Waals surface area (Å²) in [6.45, 7) is 0. The summed E-state index contributed by atoms with van der Waals surface area (Å²) in [5.41, 5.74) is 2.98. The Bertz CT molecular complexity index is 863. The number of pyridine rings is 1. The number of hydrogen-bond donors (Lipinski definition) is 0. The number of thiazole rings is 1. The monoisotopic (exact) mass is 367 g/mol. The summed E-state index contributed by atoms with van der Waals surface area (Å²) in [4.78, 5) is 8.78. The van der Waals surface area contributed by atoms with Gasteiger partial charge >= 0.3 is 0 Å². The third-order valence-electron chi connectivity index (χ3n) is 2.95. The Kier molecular flexibility index (Phi) is 4.42. The van der Waals surface area contributed by atoms with Gasteiger partial charge in [0.15, 0.2) is 0 Å². The van der Waals surface area contributed by atoms with E-state index in [1.54, 1.807) is 23.6 Å². The largest absolute Gasteiger partial charge is 0.256 e. The minimum absolute atomic E-state index is 0.506. The zero-order chi connectivity index (χ0) is 15.4. The molecule has 0 aliphatic carbocycles. The Morgan fingerprint density at radius 2 is 2.14 bits per heavy atom. The first-order chi connectivity index (χ1) is 10.8. The van der Waals surface area contributed by atoms with E-state index < -0.39 is 0 Å². The third kappa shape index (κ3) is 3.30. The zero-order valence-corrected chi connectivity index (χ0v) is 13.8. The average Bonchev–Trinajstić information content (AvgIpc) is 3.02. The first-order valence-corrected chi connectivity index (χ1v) is 8.18. The standard InChI is InChI=1S/C17H10BrN3S/c18-14-5-3-4-12(8-14)17-21-15(11-22-17)9-13(10-19)16-6-1-2-7-20-16/h1-9,11H/b13-9+. The topological polar surface area (TPSA) is 49.6 Å². The van der Waals surface area contributed by atoms with E-state index in [9.17, 15) is 5.26 Å². The van der Waals surface area contributed by atoms with Crippen LogP contribution in [0, 0.1) is 11.3 Å². The normalized spacial score (nSPS) is 11.2. The van der Waals surface area contributed by atoms with Gasteiger partial charge in [-0.15, -0.1) is 11.3 Å². The molecule has 0 unspecified atom stereocenters. The number of benzene rings is 1. The highest BCUT2D eigenvalue weighted by Crippen LogP contribution is 2.27. The molecule has 2 aromatic heterocycles. The molecule has 0 atom stereocenters. The van der Waals surface area contributed by atoms with Crippen LogP contribution in [0.5, 0.6) is 0 Å². The molecule has 0 saturated heterocycles. The summed E-state index contributed by atoms with van der Waals surface area (Å²) in [5.74, 6) is 0. The minimum Gasteiger partial charge on any atom is -0.256 e. The number of rotatable bonds is 3. The minimum atomic E-state index is 0.506. The van der Waals surface area contributed by atoms with E-state index in [0.29, 0.717) is 11.3 Å². The van der Waals surface area contributed by atoms with Gasteiger partial charge in [0.05, 0.1) is 17.0 Å². The Balaban J connectivity index is 1.94. The van der Waals surface area contributed by atoms with Crippen molar-refractivity contribution in [3.05, 3.63) is 69.9 Å². The van der Waals surface area contributed by atoms with E-state index in [4.69, 9.17) is 0 Å². The first-order valence-electron chi connectivity index (χ1n) is 6.51. The number of hydrogen-bond acceptors (Lipinski definition) is 4. The highest BCUT2D eigenvalue weighted by molar-refractivity contribution is 9.10. The van der Waals surface area contributed by atoms with Crippen LogP contribution in [0.1, 0.15) is 11.4 Å². The number of aromatic nitrogens is 2. The molecule has 3 aromatic rings. The van der Waals surface area contributed by atoms with Crippen LogP contribution in [-0.2, 0) is 0 Å². The summed E-state index contributed by atoms with van der Waals surface area (Å²) in [7, 11) is 0. The molecule has 106 valence electrons. The molecule has 2 heterocycles. The Morgan fingerprint density at radius 1 is 1.23 bits per heavy atom. The van der Waals surface area contributed by atoms with Gasteiger partial charge in [-0.1, -0.05) is 34.1 Å². The lowest BCUT2D eigenvalue weighted by Crippen LogP contribution is -1.86. The van der Waals surface area contributed by atoms with Crippen molar-refractivity contribution in [3.8, 4) is 16.6 Å². The number of halogens is 1. The SMILES string of the molecule is N#C/C(=C\c1csc(-c2cccc(Br)c2)n1)c1ccccn1. The molecule has 3 rings (SSSR count). The van der Waals surface area contributed by atoms with Gasteiger partial charge in [0.25, 0.3) is 0 Å².